The van der Waals surface area contributed by atoms with Gasteiger partial charge in [-0.1, -0.05) is 54.2 Å². The van der Waals surface area contributed by atoms with Crippen molar-refractivity contribution in [2.75, 3.05) is 25.3 Å². The highest BCUT2D eigenvalue weighted by molar-refractivity contribution is 7.99. The lowest BCUT2D eigenvalue weighted by atomic mass is 10.0. The van der Waals surface area contributed by atoms with E-state index in [2.05, 4.69) is 15.5 Å². The van der Waals surface area contributed by atoms with Gasteiger partial charge in [-0.25, -0.2) is 4.79 Å². The molecule has 0 fully saturated rings. The van der Waals surface area contributed by atoms with E-state index in [9.17, 15) is 9.59 Å². The molecular formula is C24H22N4O4S2. The van der Waals surface area contributed by atoms with Gasteiger partial charge in [-0.15, -0.1) is 21.5 Å². The summed E-state index contributed by atoms with van der Waals surface area (Å²) in [5.41, 5.74) is 2.80. The number of amides is 1. The third-order valence-electron chi connectivity index (χ3n) is 5.01. The first kappa shape index (κ1) is 23.5. The van der Waals surface area contributed by atoms with Gasteiger partial charge in [0.05, 0.1) is 20.0 Å². The lowest BCUT2D eigenvalue weighted by molar-refractivity contribution is -0.113. The molecule has 1 amide bonds. The molecule has 1 N–H and O–H groups in total. The normalized spacial score (nSPS) is 10.7. The Hall–Kier alpha value is -3.63. The predicted molar refractivity (Wildman–Crippen MR) is 133 cm³/mol. The van der Waals surface area contributed by atoms with Crippen molar-refractivity contribution in [1.29, 1.82) is 0 Å². The number of thioether (sulfide) groups is 1. The fourth-order valence-electron chi connectivity index (χ4n) is 3.33. The predicted octanol–water partition coefficient (Wildman–Crippen LogP) is 4.74. The van der Waals surface area contributed by atoms with E-state index < -0.39 is 5.97 Å². The molecular weight excluding hydrogens is 472 g/mol. The van der Waals surface area contributed by atoms with Crippen LogP contribution in [0.4, 0.5) is 5.00 Å². The molecule has 0 saturated carbocycles. The first-order valence-corrected chi connectivity index (χ1v) is 12.1. The maximum Gasteiger partial charge on any atom is 0.341 e. The Morgan fingerprint density at radius 2 is 1.82 bits per heavy atom. The number of aromatic nitrogens is 3. The summed E-state index contributed by atoms with van der Waals surface area (Å²) < 4.78 is 12.1. The number of esters is 1. The Kier molecular flexibility index (Phi) is 7.29. The SMILES string of the molecule is COC(=O)c1c(-c2ccccc2)csc1NC(=O)CSc1nnc(-c2cccc(OC)c2)n1C. The molecule has 8 nitrogen and oxygen atoms in total. The van der Waals surface area contributed by atoms with Gasteiger partial charge in [0.1, 0.15) is 16.3 Å². The maximum atomic E-state index is 12.7. The van der Waals surface area contributed by atoms with Gasteiger partial charge in [-0.3, -0.25) is 4.79 Å². The van der Waals surface area contributed by atoms with Crippen molar-refractivity contribution in [3.05, 3.63) is 65.5 Å². The van der Waals surface area contributed by atoms with Gasteiger partial charge in [-0.05, 0) is 17.7 Å². The van der Waals surface area contributed by atoms with E-state index in [0.717, 1.165) is 22.4 Å². The van der Waals surface area contributed by atoms with Crippen molar-refractivity contribution in [2.45, 2.75) is 5.16 Å². The molecule has 10 heteroatoms. The van der Waals surface area contributed by atoms with Gasteiger partial charge < -0.3 is 19.4 Å². The van der Waals surface area contributed by atoms with E-state index in [1.807, 2.05) is 71.6 Å². The molecule has 0 unspecified atom stereocenters. The van der Waals surface area contributed by atoms with Crippen molar-refractivity contribution in [1.82, 2.24) is 14.8 Å². The molecule has 0 aliphatic carbocycles. The zero-order valence-electron chi connectivity index (χ0n) is 18.8. The topological polar surface area (TPSA) is 95.3 Å². The van der Waals surface area contributed by atoms with Crippen LogP contribution in [0.3, 0.4) is 0 Å². The van der Waals surface area contributed by atoms with Gasteiger partial charge in [0.15, 0.2) is 11.0 Å². The molecule has 0 bridgehead atoms. The van der Waals surface area contributed by atoms with Gasteiger partial charge in [-0.2, -0.15) is 0 Å². The van der Waals surface area contributed by atoms with Crippen molar-refractivity contribution in [2.24, 2.45) is 7.05 Å². The molecule has 0 atom stereocenters. The Morgan fingerprint density at radius 3 is 2.56 bits per heavy atom. The fraction of sp³-hybridized carbons (Fsp3) is 0.167. The van der Waals surface area contributed by atoms with E-state index in [0.29, 0.717) is 21.5 Å². The van der Waals surface area contributed by atoms with Crippen molar-refractivity contribution >= 4 is 40.0 Å². The molecule has 2 aromatic heterocycles. The number of hydrogen-bond acceptors (Lipinski definition) is 8. The third kappa shape index (κ3) is 4.97. The van der Waals surface area contributed by atoms with Crippen molar-refractivity contribution in [3.63, 3.8) is 0 Å². The van der Waals surface area contributed by atoms with Crippen LogP contribution in [0, 0.1) is 0 Å². The Bertz CT molecular complexity index is 1320. The molecule has 2 aromatic carbocycles. The number of nitrogens with one attached hydrogen (secondary N) is 1. The molecule has 0 saturated heterocycles. The van der Waals surface area contributed by atoms with E-state index in [1.165, 1.54) is 30.2 Å². The van der Waals surface area contributed by atoms with E-state index in [-0.39, 0.29) is 11.7 Å². The number of carbonyl (C=O) groups is 2. The van der Waals surface area contributed by atoms with Crippen LogP contribution in [0.5, 0.6) is 5.75 Å². The molecule has 34 heavy (non-hydrogen) atoms. The van der Waals surface area contributed by atoms with Crippen LogP contribution in [0.25, 0.3) is 22.5 Å². The maximum absolute atomic E-state index is 12.7. The van der Waals surface area contributed by atoms with Crippen LogP contribution < -0.4 is 10.1 Å². The molecule has 174 valence electrons. The molecule has 0 radical (unpaired) electrons. The molecule has 0 aliphatic rings. The van der Waals surface area contributed by atoms with E-state index >= 15 is 0 Å². The summed E-state index contributed by atoms with van der Waals surface area (Å²) in [7, 11) is 4.78. The summed E-state index contributed by atoms with van der Waals surface area (Å²) in [6.45, 7) is 0. The number of thiophene rings is 1. The van der Waals surface area contributed by atoms with Crippen molar-refractivity contribution < 1.29 is 19.1 Å². The lowest BCUT2D eigenvalue weighted by Gasteiger charge is -2.08. The molecule has 2 heterocycles. The number of carbonyl (C=O) groups excluding carboxylic acids is 2. The minimum atomic E-state index is -0.501. The summed E-state index contributed by atoms with van der Waals surface area (Å²) in [6.07, 6.45) is 0. The smallest absolute Gasteiger partial charge is 0.341 e. The minimum Gasteiger partial charge on any atom is -0.497 e. The van der Waals surface area contributed by atoms with Gasteiger partial charge in [0.2, 0.25) is 5.91 Å². The van der Waals surface area contributed by atoms with Crippen LogP contribution in [0.2, 0.25) is 0 Å². The number of anilines is 1. The van der Waals surface area contributed by atoms with Gasteiger partial charge in [0, 0.05) is 23.6 Å². The number of benzene rings is 2. The number of nitrogens with zero attached hydrogens (tertiary/aromatic N) is 3. The highest BCUT2D eigenvalue weighted by Gasteiger charge is 2.22. The Morgan fingerprint density at radius 1 is 1.06 bits per heavy atom. The highest BCUT2D eigenvalue weighted by atomic mass is 32.2. The Balaban J connectivity index is 1.47. The average Bonchev–Trinajstić information content (AvgIpc) is 3.46. The number of methoxy groups -OCH3 is 2. The average molecular weight is 495 g/mol. The second-order valence-corrected chi connectivity index (χ2v) is 8.97. The van der Waals surface area contributed by atoms with Crippen LogP contribution >= 0.6 is 23.1 Å². The number of rotatable bonds is 8. The standard InChI is InChI=1S/C24H22N4O4S2/c1-28-21(16-10-7-11-17(12-16)31-2)26-27-24(28)34-14-19(29)25-22-20(23(30)32-3)18(13-33-22)15-8-5-4-6-9-15/h4-13H,14H2,1-3H3,(H,25,29). The summed E-state index contributed by atoms with van der Waals surface area (Å²) in [5.74, 6) is 0.729. The van der Waals surface area contributed by atoms with Crippen LogP contribution in [0.15, 0.2) is 65.1 Å². The van der Waals surface area contributed by atoms with Gasteiger partial charge >= 0.3 is 5.97 Å². The second-order valence-electron chi connectivity index (χ2n) is 7.15. The quantitative estimate of drug-likeness (QED) is 0.279. The minimum absolute atomic E-state index is 0.100. The summed E-state index contributed by atoms with van der Waals surface area (Å²) in [6, 6.07) is 17.0. The second kappa shape index (κ2) is 10.5. The largest absolute Gasteiger partial charge is 0.497 e. The Labute approximate surface area is 204 Å². The first-order valence-electron chi connectivity index (χ1n) is 10.2. The first-order chi connectivity index (χ1) is 16.5. The number of hydrogen-bond donors (Lipinski definition) is 1. The highest BCUT2D eigenvalue weighted by Crippen LogP contribution is 2.36. The molecule has 4 rings (SSSR count). The monoisotopic (exact) mass is 494 g/mol. The molecule has 0 aliphatic heterocycles. The van der Waals surface area contributed by atoms with Crippen molar-refractivity contribution in [3.8, 4) is 28.3 Å². The zero-order valence-corrected chi connectivity index (χ0v) is 20.4. The van der Waals surface area contributed by atoms with E-state index in [1.54, 1.807) is 7.11 Å². The van der Waals surface area contributed by atoms with Crippen LogP contribution in [-0.2, 0) is 16.6 Å². The summed E-state index contributed by atoms with van der Waals surface area (Å²) >= 11 is 2.54. The summed E-state index contributed by atoms with van der Waals surface area (Å²) in [5, 5.41) is 14.2. The lowest BCUT2D eigenvalue weighted by Crippen LogP contribution is -2.16. The zero-order chi connectivity index (χ0) is 24.1. The molecule has 0 spiro atoms. The van der Waals surface area contributed by atoms with Gasteiger partial charge in [0.25, 0.3) is 0 Å². The van der Waals surface area contributed by atoms with E-state index in [4.69, 9.17) is 9.47 Å². The third-order valence-corrected chi connectivity index (χ3v) is 6.93. The fourth-order valence-corrected chi connectivity index (χ4v) is 5.02. The van der Waals surface area contributed by atoms with Crippen LogP contribution in [0.1, 0.15) is 10.4 Å². The number of ether oxygens (including phenoxy) is 2. The summed E-state index contributed by atoms with van der Waals surface area (Å²) in [4.78, 5) is 25.2. The molecule has 4 aromatic rings. The van der Waals surface area contributed by atoms with Crippen LogP contribution in [-0.4, -0.2) is 46.6 Å².